The molecule has 2 aromatic heterocycles. The van der Waals surface area contributed by atoms with Crippen molar-refractivity contribution in [3.63, 3.8) is 0 Å². The highest BCUT2D eigenvalue weighted by molar-refractivity contribution is 7.89. The first-order valence-corrected chi connectivity index (χ1v) is 17.0. The Morgan fingerprint density at radius 2 is 1.80 bits per heavy atom. The predicted octanol–water partition coefficient (Wildman–Crippen LogP) is 4.28. The number of carboxylic acid groups (broad SMARTS) is 1. The molecule has 0 unspecified atom stereocenters. The standard InChI is InChI=1S/C30H24Cl2N6O5S.C2H6N2O/c1-30(15-18-6-8-19(9-7-18)23-4-2-10-34-24(23)16-33)28(41)37(22-13-20(31)12-21(32)14-22)29-35-17-26(38(29)30)44(42,43)36-11-3-5-25(36)27(39)40;1-4-2(3)5/h2,4,6-10,12-14,17,25H,3,5,11,15H2,1H3,(H,39,40);1H3,(H3,3,4,5)/t25-,30+;/m0./s1. The number of pyridine rings is 1. The van der Waals surface area contributed by atoms with Gasteiger partial charge in [0.05, 0.1) is 11.9 Å². The van der Waals surface area contributed by atoms with Gasteiger partial charge in [-0.25, -0.2) is 28.1 Å². The second-order valence-electron chi connectivity index (χ2n) is 11.4. The van der Waals surface area contributed by atoms with Gasteiger partial charge in [0.1, 0.15) is 23.3 Å². The number of nitriles is 1. The molecule has 0 spiro atoms. The molecule has 17 heteroatoms. The summed E-state index contributed by atoms with van der Waals surface area (Å²) in [6, 6.07) is 15.6. The Labute approximate surface area is 291 Å². The van der Waals surface area contributed by atoms with Crippen LogP contribution in [0.5, 0.6) is 0 Å². The van der Waals surface area contributed by atoms with Crippen molar-refractivity contribution in [2.45, 2.75) is 42.8 Å². The third-order valence-electron chi connectivity index (χ3n) is 8.21. The fourth-order valence-corrected chi connectivity index (χ4v) is 8.29. The van der Waals surface area contributed by atoms with Gasteiger partial charge in [0.15, 0.2) is 5.03 Å². The van der Waals surface area contributed by atoms with Gasteiger partial charge in [0, 0.05) is 41.8 Å². The van der Waals surface area contributed by atoms with Crippen molar-refractivity contribution in [2.24, 2.45) is 5.73 Å². The van der Waals surface area contributed by atoms with E-state index in [1.807, 2.05) is 0 Å². The van der Waals surface area contributed by atoms with Crippen LogP contribution < -0.4 is 16.0 Å². The Hall–Kier alpha value is -5.01. The number of rotatable bonds is 7. The van der Waals surface area contributed by atoms with Crippen molar-refractivity contribution in [2.75, 3.05) is 18.5 Å². The van der Waals surface area contributed by atoms with Gasteiger partial charge in [-0.1, -0.05) is 47.5 Å². The van der Waals surface area contributed by atoms with Gasteiger partial charge >= 0.3 is 12.0 Å². The van der Waals surface area contributed by atoms with E-state index in [2.05, 4.69) is 27.1 Å². The van der Waals surface area contributed by atoms with Crippen molar-refractivity contribution in [1.29, 1.82) is 5.26 Å². The number of fused-ring (bicyclic) bond motifs is 1. The minimum absolute atomic E-state index is 0.0264. The van der Waals surface area contributed by atoms with Crippen molar-refractivity contribution in [1.82, 2.24) is 24.2 Å². The van der Waals surface area contributed by atoms with E-state index < -0.39 is 39.5 Å². The molecule has 2 aliphatic rings. The molecule has 1 saturated heterocycles. The zero-order valence-electron chi connectivity index (χ0n) is 26.2. The molecule has 2 aliphatic heterocycles. The van der Waals surface area contributed by atoms with Crippen molar-refractivity contribution in [3.8, 4) is 17.2 Å². The number of carbonyl (C=O) groups is 3. The zero-order valence-corrected chi connectivity index (χ0v) is 28.5. The fourth-order valence-electron chi connectivity index (χ4n) is 5.94. The third kappa shape index (κ3) is 6.68. The normalized spacial score (nSPS) is 18.7. The Bertz CT molecular complexity index is 2080. The SMILES string of the molecule is CNC(N)=O.C[C@@]1(Cc2ccc(-c3cccnc3C#N)cc2)C(=O)N(c2cc(Cl)cc(Cl)c2)c2ncc(S(=O)(=O)N3CCC[C@H]3C(=O)O)n21. The average molecular weight is 726 g/mol. The summed E-state index contributed by atoms with van der Waals surface area (Å²) in [5.74, 6) is -1.68. The number of benzene rings is 2. The van der Waals surface area contributed by atoms with E-state index in [1.165, 1.54) is 40.9 Å². The lowest BCUT2D eigenvalue weighted by atomic mass is 9.91. The van der Waals surface area contributed by atoms with Crippen molar-refractivity contribution >= 4 is 62.8 Å². The summed E-state index contributed by atoms with van der Waals surface area (Å²) >= 11 is 12.5. The van der Waals surface area contributed by atoms with E-state index in [0.717, 1.165) is 16.1 Å². The molecule has 2 atom stereocenters. The molecule has 2 aromatic carbocycles. The van der Waals surface area contributed by atoms with Crippen molar-refractivity contribution < 1.29 is 27.9 Å². The molecule has 14 nitrogen and oxygen atoms in total. The third-order valence-corrected chi connectivity index (χ3v) is 10.5. The lowest BCUT2D eigenvalue weighted by Crippen LogP contribution is -2.45. The van der Waals surface area contributed by atoms with Gasteiger partial charge in [-0.2, -0.15) is 9.57 Å². The van der Waals surface area contributed by atoms with E-state index in [0.29, 0.717) is 23.2 Å². The van der Waals surface area contributed by atoms with Gasteiger partial charge in [0.2, 0.25) is 5.95 Å². The molecule has 1 fully saturated rings. The highest BCUT2D eigenvalue weighted by atomic mass is 35.5. The van der Waals surface area contributed by atoms with E-state index >= 15 is 0 Å². The number of nitrogens with one attached hydrogen (secondary N) is 1. The van der Waals surface area contributed by atoms with Gasteiger partial charge in [0.25, 0.3) is 15.9 Å². The van der Waals surface area contributed by atoms with E-state index in [9.17, 15) is 33.2 Å². The second-order valence-corrected chi connectivity index (χ2v) is 14.1. The number of carbonyl (C=O) groups excluding carboxylic acids is 2. The maximum Gasteiger partial charge on any atom is 0.322 e. The Kier molecular flexibility index (Phi) is 9.97. The zero-order chi connectivity index (χ0) is 35.7. The topological polar surface area (TPSA) is 205 Å². The van der Waals surface area contributed by atoms with Crippen LogP contribution in [0.25, 0.3) is 11.1 Å². The number of urea groups is 1. The van der Waals surface area contributed by atoms with Gasteiger partial charge in [-0.3, -0.25) is 14.2 Å². The van der Waals surface area contributed by atoms with Gasteiger partial charge < -0.3 is 16.2 Å². The second kappa shape index (κ2) is 13.8. The maximum absolute atomic E-state index is 14.3. The summed E-state index contributed by atoms with van der Waals surface area (Å²) in [6.07, 6.45) is 3.31. The van der Waals surface area contributed by atoms with Crippen LogP contribution in [0.4, 0.5) is 16.4 Å². The number of halogens is 2. The van der Waals surface area contributed by atoms with Gasteiger partial charge in [-0.15, -0.1) is 0 Å². The summed E-state index contributed by atoms with van der Waals surface area (Å²) in [7, 11) is -2.92. The van der Waals surface area contributed by atoms with Gasteiger partial charge in [-0.05, 0) is 61.2 Å². The smallest absolute Gasteiger partial charge is 0.322 e. The largest absolute Gasteiger partial charge is 0.480 e. The van der Waals surface area contributed by atoms with Crippen LogP contribution in [0.15, 0.2) is 72.0 Å². The van der Waals surface area contributed by atoms with Crippen LogP contribution in [0.3, 0.4) is 0 Å². The van der Waals surface area contributed by atoms with E-state index in [1.54, 1.807) is 43.3 Å². The number of nitrogens with zero attached hydrogens (tertiary/aromatic N) is 6. The average Bonchev–Trinajstić information content (AvgIpc) is 3.79. The summed E-state index contributed by atoms with van der Waals surface area (Å²) in [4.78, 5) is 45.5. The number of sulfonamides is 1. The molecule has 0 radical (unpaired) electrons. The minimum atomic E-state index is -4.39. The number of amides is 3. The molecule has 3 amide bonds. The molecule has 4 aromatic rings. The lowest BCUT2D eigenvalue weighted by Gasteiger charge is -2.28. The quantitative estimate of drug-likeness (QED) is 0.248. The first kappa shape index (κ1) is 35.3. The number of aromatic nitrogens is 3. The number of nitrogens with two attached hydrogens (primary N) is 1. The van der Waals surface area contributed by atoms with Crippen LogP contribution in [-0.2, 0) is 31.6 Å². The molecular weight excluding hydrogens is 695 g/mol. The first-order valence-electron chi connectivity index (χ1n) is 14.8. The highest BCUT2D eigenvalue weighted by Gasteiger charge is 2.53. The Balaban J connectivity index is 0.000000874. The number of hydrogen-bond acceptors (Lipinski definition) is 8. The number of carboxylic acids is 1. The van der Waals surface area contributed by atoms with Crippen LogP contribution in [0.1, 0.15) is 31.0 Å². The molecule has 0 saturated carbocycles. The molecule has 254 valence electrons. The number of aliphatic carboxylic acids is 1. The summed E-state index contributed by atoms with van der Waals surface area (Å²) in [5, 5.41) is 21.6. The molecule has 4 heterocycles. The van der Waals surface area contributed by atoms with Crippen LogP contribution in [-0.4, -0.2) is 69.9 Å². The van der Waals surface area contributed by atoms with E-state index in [-0.39, 0.29) is 46.1 Å². The fraction of sp³-hybridized carbons (Fsp3) is 0.250. The molecule has 49 heavy (non-hydrogen) atoms. The lowest BCUT2D eigenvalue weighted by molar-refractivity contribution is -0.140. The number of imidazole rings is 1. The number of hydrogen-bond donors (Lipinski definition) is 3. The van der Waals surface area contributed by atoms with Crippen molar-refractivity contribution in [3.05, 3.63) is 88.3 Å². The molecular formula is C32H30Cl2N8O6S. The summed E-state index contributed by atoms with van der Waals surface area (Å²) in [6.45, 7) is 1.64. The van der Waals surface area contributed by atoms with Crippen LogP contribution >= 0.6 is 23.2 Å². The van der Waals surface area contributed by atoms with Crippen LogP contribution in [0.2, 0.25) is 10.0 Å². The van der Waals surface area contributed by atoms with Crippen LogP contribution in [0, 0.1) is 11.3 Å². The summed E-state index contributed by atoms with van der Waals surface area (Å²) < 4.78 is 30.4. The monoisotopic (exact) mass is 724 g/mol. The first-order chi connectivity index (χ1) is 23.2. The maximum atomic E-state index is 14.3. The minimum Gasteiger partial charge on any atom is -0.480 e. The number of anilines is 2. The molecule has 6 rings (SSSR count). The highest BCUT2D eigenvalue weighted by Crippen LogP contribution is 2.45. The summed E-state index contributed by atoms with van der Waals surface area (Å²) in [5.41, 5.74) is 5.70. The Morgan fingerprint density at radius 1 is 1.14 bits per heavy atom. The predicted molar refractivity (Wildman–Crippen MR) is 181 cm³/mol. The molecule has 0 aliphatic carbocycles. The Morgan fingerprint density at radius 3 is 2.39 bits per heavy atom. The van der Waals surface area contributed by atoms with E-state index in [4.69, 9.17) is 23.2 Å². The number of primary amides is 1. The molecule has 0 bridgehead atoms. The molecule has 4 N–H and O–H groups in total.